The smallest absolute Gasteiger partial charge is 0.315 e. The molecule has 3 rings (SSSR count). The van der Waals surface area contributed by atoms with Crippen LogP contribution in [0.25, 0.3) is 5.69 Å². The molecule has 0 radical (unpaired) electrons. The summed E-state index contributed by atoms with van der Waals surface area (Å²) in [6.07, 6.45) is 0.585. The van der Waals surface area contributed by atoms with Crippen molar-refractivity contribution in [2.45, 2.75) is 46.5 Å². The average Bonchev–Trinajstić information content (AvgIpc) is 3.20. The second-order valence-corrected chi connectivity index (χ2v) is 9.44. The van der Waals surface area contributed by atoms with E-state index in [0.29, 0.717) is 18.3 Å². The minimum Gasteiger partial charge on any atom is -0.315 e. The number of anilines is 2. The first kappa shape index (κ1) is 25.9. The van der Waals surface area contributed by atoms with E-state index in [0.717, 1.165) is 29.1 Å². The normalized spacial score (nSPS) is 11.3. The van der Waals surface area contributed by atoms with Crippen molar-refractivity contribution in [2.24, 2.45) is 0 Å². The third-order valence-electron chi connectivity index (χ3n) is 5.31. The van der Waals surface area contributed by atoms with Gasteiger partial charge < -0.3 is 15.5 Å². The lowest BCUT2D eigenvalue weighted by Crippen LogP contribution is -2.41. The molecule has 2 N–H and O–H groups in total. The predicted octanol–water partition coefficient (Wildman–Crippen LogP) is 5.64. The number of aryl methyl sites for hydroxylation is 1. The summed E-state index contributed by atoms with van der Waals surface area (Å²) in [7, 11) is 0. The zero-order valence-electron chi connectivity index (χ0n) is 20.7. The standard InChI is InChI=1S/C26H31F2N5O2/c1-6-13-32(25(35)29-21-12-9-18(27)14-20(21)28)16-24(34)30-23-15-22(26(3,4)5)31-33(23)19-10-7-17(2)8-11-19/h7-12,14-15H,6,13,16H2,1-5H3,(H,29,35)(H,30,34). The number of nitrogens with zero attached hydrogens (tertiary/aromatic N) is 3. The molecule has 0 saturated heterocycles. The SMILES string of the molecule is CCCN(CC(=O)Nc1cc(C(C)(C)C)nn1-c1ccc(C)cc1)C(=O)Nc1ccc(F)cc1F. The number of carbonyl (C=O) groups is 2. The lowest BCUT2D eigenvalue weighted by Gasteiger charge is -2.22. The van der Waals surface area contributed by atoms with Crippen LogP contribution in [0.15, 0.2) is 48.5 Å². The van der Waals surface area contributed by atoms with Gasteiger partial charge in [0, 0.05) is 24.1 Å². The number of nitrogens with one attached hydrogen (secondary N) is 2. The van der Waals surface area contributed by atoms with Gasteiger partial charge in [-0.1, -0.05) is 45.4 Å². The van der Waals surface area contributed by atoms with Crippen molar-refractivity contribution in [3.63, 3.8) is 0 Å². The van der Waals surface area contributed by atoms with Gasteiger partial charge in [0.2, 0.25) is 5.91 Å². The fourth-order valence-corrected chi connectivity index (χ4v) is 3.38. The van der Waals surface area contributed by atoms with Crippen LogP contribution in [0.2, 0.25) is 0 Å². The van der Waals surface area contributed by atoms with Crippen molar-refractivity contribution in [1.29, 1.82) is 0 Å². The summed E-state index contributed by atoms with van der Waals surface area (Å²) in [5.74, 6) is -1.59. The summed E-state index contributed by atoms with van der Waals surface area (Å²) >= 11 is 0. The second kappa shape index (κ2) is 10.7. The molecule has 3 aromatic rings. The van der Waals surface area contributed by atoms with Gasteiger partial charge in [-0.05, 0) is 37.6 Å². The highest BCUT2D eigenvalue weighted by atomic mass is 19.1. The van der Waals surface area contributed by atoms with Crippen molar-refractivity contribution in [3.05, 3.63) is 71.4 Å². The van der Waals surface area contributed by atoms with Crippen LogP contribution < -0.4 is 10.6 Å². The lowest BCUT2D eigenvalue weighted by molar-refractivity contribution is -0.116. The maximum atomic E-state index is 14.0. The van der Waals surface area contributed by atoms with Crippen LogP contribution in [0.3, 0.4) is 0 Å². The van der Waals surface area contributed by atoms with E-state index in [2.05, 4.69) is 10.6 Å². The molecule has 0 unspecified atom stereocenters. The van der Waals surface area contributed by atoms with E-state index in [9.17, 15) is 18.4 Å². The van der Waals surface area contributed by atoms with E-state index in [1.807, 2.05) is 65.0 Å². The first-order chi connectivity index (χ1) is 16.5. The quantitative estimate of drug-likeness (QED) is 0.457. The monoisotopic (exact) mass is 483 g/mol. The Morgan fingerprint density at radius 3 is 2.31 bits per heavy atom. The Balaban J connectivity index is 1.80. The molecule has 1 heterocycles. The van der Waals surface area contributed by atoms with Crippen LogP contribution in [0.5, 0.6) is 0 Å². The maximum Gasteiger partial charge on any atom is 0.322 e. The fraction of sp³-hybridized carbons (Fsp3) is 0.346. The second-order valence-electron chi connectivity index (χ2n) is 9.44. The minimum atomic E-state index is -0.893. The van der Waals surface area contributed by atoms with E-state index in [4.69, 9.17) is 5.10 Å². The summed E-state index contributed by atoms with van der Waals surface area (Å²) in [6.45, 7) is 9.95. The number of hydrogen-bond donors (Lipinski definition) is 2. The van der Waals surface area contributed by atoms with Gasteiger partial charge in [0.25, 0.3) is 0 Å². The zero-order chi connectivity index (χ0) is 25.8. The Kier molecular flexibility index (Phi) is 7.89. The van der Waals surface area contributed by atoms with E-state index >= 15 is 0 Å². The molecule has 0 saturated carbocycles. The van der Waals surface area contributed by atoms with Gasteiger partial charge in [0.15, 0.2) is 0 Å². The molecule has 0 aliphatic rings. The summed E-state index contributed by atoms with van der Waals surface area (Å²) in [5.41, 5.74) is 2.27. The molecule has 9 heteroatoms. The highest BCUT2D eigenvalue weighted by Crippen LogP contribution is 2.26. The van der Waals surface area contributed by atoms with E-state index in [-0.39, 0.29) is 24.2 Å². The first-order valence-electron chi connectivity index (χ1n) is 11.5. The van der Waals surface area contributed by atoms with Crippen LogP contribution in [0, 0.1) is 18.6 Å². The number of hydrogen-bond acceptors (Lipinski definition) is 3. The van der Waals surface area contributed by atoms with Gasteiger partial charge in [-0.15, -0.1) is 0 Å². The largest absolute Gasteiger partial charge is 0.322 e. The van der Waals surface area contributed by atoms with Gasteiger partial charge in [0.05, 0.1) is 17.1 Å². The molecule has 186 valence electrons. The van der Waals surface area contributed by atoms with E-state index in [1.165, 1.54) is 4.90 Å². The van der Waals surface area contributed by atoms with E-state index in [1.54, 1.807) is 4.68 Å². The third-order valence-corrected chi connectivity index (χ3v) is 5.31. The molecule has 0 bridgehead atoms. The molecule has 0 atom stereocenters. The van der Waals surface area contributed by atoms with Crippen LogP contribution in [0.4, 0.5) is 25.1 Å². The van der Waals surface area contributed by atoms with Gasteiger partial charge in [0.1, 0.15) is 24.0 Å². The topological polar surface area (TPSA) is 79.3 Å². The highest BCUT2D eigenvalue weighted by molar-refractivity contribution is 5.96. The van der Waals surface area contributed by atoms with Crippen LogP contribution >= 0.6 is 0 Å². The van der Waals surface area contributed by atoms with Gasteiger partial charge >= 0.3 is 6.03 Å². The summed E-state index contributed by atoms with van der Waals surface area (Å²) in [4.78, 5) is 27.0. The molecule has 1 aromatic heterocycles. The molecule has 7 nitrogen and oxygen atoms in total. The number of halogens is 2. The molecular formula is C26H31F2N5O2. The Hall–Kier alpha value is -3.75. The van der Waals surface area contributed by atoms with Crippen molar-refractivity contribution >= 4 is 23.4 Å². The Morgan fingerprint density at radius 2 is 1.71 bits per heavy atom. The van der Waals surface area contributed by atoms with Crippen molar-refractivity contribution in [3.8, 4) is 5.69 Å². The van der Waals surface area contributed by atoms with Crippen LogP contribution in [0.1, 0.15) is 45.4 Å². The Labute approximate surface area is 204 Å². The number of carbonyl (C=O) groups excluding carboxylic acids is 2. The number of urea groups is 1. The third kappa shape index (κ3) is 6.65. The zero-order valence-corrected chi connectivity index (χ0v) is 20.7. The average molecular weight is 484 g/mol. The van der Waals surface area contributed by atoms with Crippen LogP contribution in [-0.4, -0.2) is 39.7 Å². The van der Waals surface area contributed by atoms with E-state index < -0.39 is 23.6 Å². The van der Waals surface area contributed by atoms with Crippen molar-refractivity contribution < 1.29 is 18.4 Å². The summed E-state index contributed by atoms with van der Waals surface area (Å²) in [5, 5.41) is 9.96. The Bertz CT molecular complexity index is 1200. The van der Waals surface area contributed by atoms with Crippen LogP contribution in [-0.2, 0) is 10.2 Å². The molecule has 0 spiro atoms. The minimum absolute atomic E-state index is 0.162. The highest BCUT2D eigenvalue weighted by Gasteiger charge is 2.23. The first-order valence-corrected chi connectivity index (χ1v) is 11.5. The molecular weight excluding hydrogens is 452 g/mol. The lowest BCUT2D eigenvalue weighted by atomic mass is 9.92. The molecule has 35 heavy (non-hydrogen) atoms. The molecule has 3 amide bonds. The number of benzene rings is 2. The number of rotatable bonds is 7. The number of amides is 3. The van der Waals surface area contributed by atoms with Crippen molar-refractivity contribution in [2.75, 3.05) is 23.7 Å². The van der Waals surface area contributed by atoms with Gasteiger partial charge in [-0.25, -0.2) is 18.3 Å². The van der Waals surface area contributed by atoms with Gasteiger partial charge in [-0.2, -0.15) is 5.10 Å². The Morgan fingerprint density at radius 1 is 1.03 bits per heavy atom. The molecule has 0 aliphatic heterocycles. The maximum absolute atomic E-state index is 14.0. The fourth-order valence-electron chi connectivity index (χ4n) is 3.38. The molecule has 0 aliphatic carbocycles. The van der Waals surface area contributed by atoms with Crippen molar-refractivity contribution in [1.82, 2.24) is 14.7 Å². The summed E-state index contributed by atoms with van der Waals surface area (Å²) < 4.78 is 28.8. The predicted molar refractivity (Wildman–Crippen MR) is 133 cm³/mol. The molecule has 0 fully saturated rings. The van der Waals surface area contributed by atoms with Gasteiger partial charge in [-0.3, -0.25) is 4.79 Å². The number of aromatic nitrogens is 2. The summed E-state index contributed by atoms with van der Waals surface area (Å²) in [6, 6.07) is 11.8. The molecule has 2 aromatic carbocycles.